The summed E-state index contributed by atoms with van der Waals surface area (Å²) in [5, 5.41) is 66.3. The molecule has 1 saturated heterocycles. The molecule has 5 amide bonds. The van der Waals surface area contributed by atoms with Crippen LogP contribution < -0.4 is 21.3 Å². The molecule has 1 aliphatic rings. The Hall–Kier alpha value is -6.49. The molecule has 2 aromatic rings. The number of urea groups is 1. The van der Waals surface area contributed by atoms with E-state index in [1.54, 1.807) is 43.9 Å². The standard InChI is InChI=1S/C49H70IN9O16/c50-37-14-10-35(11-15-37)29-59(19-5-3-6-38(47(71)72)53-49(75)54-39(48(73)74)16-17-42(62)63)41(61)7-2-1-4-18-51-46(70)36-12-8-34(9-13-36)28-52-40(60)30-55-20-22-56(31-43(64)65)24-26-58(33-45(68)69)27-25-57(23-21-55)32-44(66)67/h8-15,38-39H,1-7,16-33H2,(H,51,70)(H,52,60)(H,62,63)(H,64,65)(H,66,67)(H,68,69)(H,71,72)(H,73,74)(H2,53,54,75)/t38-,39-/m0/s1. The smallest absolute Gasteiger partial charge is 0.326 e. The van der Waals surface area contributed by atoms with E-state index in [1.165, 1.54) is 0 Å². The van der Waals surface area contributed by atoms with Crippen molar-refractivity contribution < 1.29 is 78.6 Å². The molecule has 0 saturated carbocycles. The van der Waals surface area contributed by atoms with Crippen LogP contribution in [0.1, 0.15) is 79.3 Å². The van der Waals surface area contributed by atoms with Gasteiger partial charge in [0.05, 0.1) is 26.2 Å². The second-order valence-electron chi connectivity index (χ2n) is 18.1. The van der Waals surface area contributed by atoms with Crippen LogP contribution in [0.25, 0.3) is 0 Å². The van der Waals surface area contributed by atoms with Gasteiger partial charge in [0, 0.05) is 101 Å². The summed E-state index contributed by atoms with van der Waals surface area (Å²) >= 11 is 2.18. The maximum Gasteiger partial charge on any atom is 0.326 e. The lowest BCUT2D eigenvalue weighted by atomic mass is 10.1. The summed E-state index contributed by atoms with van der Waals surface area (Å²) in [7, 11) is 0. The average Bonchev–Trinajstić information content (AvgIpc) is 3.34. The number of hydrogen-bond donors (Lipinski definition) is 10. The van der Waals surface area contributed by atoms with Crippen LogP contribution in [0.3, 0.4) is 0 Å². The Kier molecular flexibility index (Phi) is 28.6. The fourth-order valence-corrected chi connectivity index (χ4v) is 8.31. The summed E-state index contributed by atoms with van der Waals surface area (Å²) in [5.74, 6) is -7.95. The number of amides is 5. The molecule has 414 valence electrons. The zero-order chi connectivity index (χ0) is 55.3. The van der Waals surface area contributed by atoms with Gasteiger partial charge < -0.3 is 56.8 Å². The van der Waals surface area contributed by atoms with Crippen molar-refractivity contribution in [3.8, 4) is 0 Å². The van der Waals surface area contributed by atoms with Gasteiger partial charge in [-0.1, -0.05) is 30.7 Å². The van der Waals surface area contributed by atoms with Crippen LogP contribution in [0.15, 0.2) is 48.5 Å². The predicted octanol–water partition coefficient (Wildman–Crippen LogP) is 0.943. The molecule has 0 unspecified atom stereocenters. The van der Waals surface area contributed by atoms with Crippen molar-refractivity contribution in [1.29, 1.82) is 0 Å². The van der Waals surface area contributed by atoms with E-state index in [-0.39, 0.29) is 103 Å². The first-order valence-corrected chi connectivity index (χ1v) is 25.7. The summed E-state index contributed by atoms with van der Waals surface area (Å²) in [6, 6.07) is 10.4. The first-order valence-electron chi connectivity index (χ1n) is 24.6. The van der Waals surface area contributed by atoms with E-state index in [0.29, 0.717) is 70.4 Å². The molecule has 0 aliphatic carbocycles. The highest BCUT2D eigenvalue weighted by Gasteiger charge is 2.26. The largest absolute Gasteiger partial charge is 0.481 e. The zero-order valence-corrected chi connectivity index (χ0v) is 44.0. The number of halogens is 1. The first kappa shape index (κ1) is 62.8. The summed E-state index contributed by atoms with van der Waals surface area (Å²) in [5.41, 5.74) is 2.03. The van der Waals surface area contributed by atoms with Crippen molar-refractivity contribution >= 4 is 82.2 Å². The molecule has 1 heterocycles. The third kappa shape index (κ3) is 27.0. The minimum absolute atomic E-state index is 0.0168. The van der Waals surface area contributed by atoms with Crippen LogP contribution in [-0.4, -0.2) is 218 Å². The maximum absolute atomic E-state index is 13.5. The lowest BCUT2D eigenvalue weighted by Gasteiger charge is -2.32. The predicted molar refractivity (Wildman–Crippen MR) is 278 cm³/mol. The average molecular weight is 1170 g/mol. The molecule has 3 rings (SSSR count). The number of benzene rings is 2. The second kappa shape index (κ2) is 34.2. The molecule has 75 heavy (non-hydrogen) atoms. The summed E-state index contributed by atoms with van der Waals surface area (Å²) in [6.45, 7) is 2.41. The Labute approximate surface area is 448 Å². The lowest BCUT2D eigenvalue weighted by Crippen LogP contribution is -2.51. The maximum atomic E-state index is 13.5. The van der Waals surface area contributed by atoms with Gasteiger partial charge in [0.2, 0.25) is 11.8 Å². The van der Waals surface area contributed by atoms with Gasteiger partial charge in [-0.25, -0.2) is 14.4 Å². The molecule has 0 bridgehead atoms. The van der Waals surface area contributed by atoms with Crippen molar-refractivity contribution in [3.05, 3.63) is 68.8 Å². The van der Waals surface area contributed by atoms with Crippen LogP contribution in [0.4, 0.5) is 4.79 Å². The van der Waals surface area contributed by atoms with E-state index in [9.17, 15) is 73.5 Å². The monoisotopic (exact) mass is 1170 g/mol. The Bertz CT molecular complexity index is 2190. The summed E-state index contributed by atoms with van der Waals surface area (Å²) in [4.78, 5) is 129. The van der Waals surface area contributed by atoms with Crippen molar-refractivity contribution in [2.75, 3.05) is 91.6 Å². The summed E-state index contributed by atoms with van der Waals surface area (Å²) < 4.78 is 1.02. The van der Waals surface area contributed by atoms with Crippen molar-refractivity contribution in [2.45, 2.75) is 83.0 Å². The number of carbonyl (C=O) groups is 10. The van der Waals surface area contributed by atoms with Crippen LogP contribution in [-0.2, 0) is 51.4 Å². The second-order valence-corrected chi connectivity index (χ2v) is 19.3. The number of hydrogen-bond acceptors (Lipinski definition) is 14. The normalized spacial score (nSPS) is 14.9. The van der Waals surface area contributed by atoms with Gasteiger partial charge in [0.25, 0.3) is 5.91 Å². The van der Waals surface area contributed by atoms with Gasteiger partial charge in [-0.3, -0.25) is 53.2 Å². The number of carboxylic acid groups (broad SMARTS) is 6. The van der Waals surface area contributed by atoms with Crippen LogP contribution in [0, 0.1) is 3.57 Å². The fraction of sp³-hybridized carbons (Fsp3) is 0.551. The molecule has 0 aromatic heterocycles. The third-order valence-corrected chi connectivity index (χ3v) is 12.8. The van der Waals surface area contributed by atoms with Crippen molar-refractivity contribution in [1.82, 2.24) is 45.8 Å². The molecule has 26 heteroatoms. The highest BCUT2D eigenvalue weighted by molar-refractivity contribution is 14.1. The van der Waals surface area contributed by atoms with E-state index >= 15 is 0 Å². The van der Waals surface area contributed by atoms with E-state index in [1.807, 2.05) is 29.2 Å². The molecule has 1 aliphatic heterocycles. The number of rotatable bonds is 31. The van der Waals surface area contributed by atoms with Crippen LogP contribution in [0.5, 0.6) is 0 Å². The minimum Gasteiger partial charge on any atom is -0.481 e. The molecule has 0 radical (unpaired) electrons. The molecular weight excluding hydrogens is 1100 g/mol. The zero-order valence-electron chi connectivity index (χ0n) is 41.8. The van der Waals surface area contributed by atoms with Gasteiger partial charge in [-0.15, -0.1) is 0 Å². The van der Waals surface area contributed by atoms with Gasteiger partial charge in [0.15, 0.2) is 0 Å². The van der Waals surface area contributed by atoms with Crippen molar-refractivity contribution in [2.24, 2.45) is 0 Å². The van der Waals surface area contributed by atoms with Gasteiger partial charge >= 0.3 is 41.8 Å². The Morgan fingerprint density at radius 2 is 1.00 bits per heavy atom. The third-order valence-electron chi connectivity index (χ3n) is 12.1. The number of carboxylic acids is 6. The van der Waals surface area contributed by atoms with Gasteiger partial charge in [-0.05, 0) is 96.5 Å². The number of nitrogens with one attached hydrogen (secondary N) is 4. The minimum atomic E-state index is -1.53. The van der Waals surface area contributed by atoms with E-state index in [4.69, 9.17) is 5.11 Å². The Balaban J connectivity index is 1.45. The Morgan fingerprint density at radius 3 is 1.48 bits per heavy atom. The number of unbranched alkanes of at least 4 members (excludes halogenated alkanes) is 3. The highest BCUT2D eigenvalue weighted by atomic mass is 127. The van der Waals surface area contributed by atoms with Gasteiger partial charge in [-0.2, -0.15) is 0 Å². The SMILES string of the molecule is O=C(O)CC[C@H](NC(=O)N[C@@H](CCCCN(Cc1ccc(I)cc1)C(=O)CCCCCNC(=O)c1ccc(CNC(=O)CN2CCN(CC(=O)O)CCN(CC(=O)O)CCN(CC(=O)O)CC2)cc1)C(=O)O)C(=O)O. The molecule has 1 fully saturated rings. The number of nitrogens with zero attached hydrogens (tertiary/aromatic N) is 5. The lowest BCUT2D eigenvalue weighted by molar-refractivity contribution is -0.141. The Morgan fingerprint density at radius 1 is 0.520 bits per heavy atom. The van der Waals surface area contributed by atoms with Crippen LogP contribution >= 0.6 is 22.6 Å². The molecule has 2 atom stereocenters. The van der Waals surface area contributed by atoms with Crippen molar-refractivity contribution in [3.63, 3.8) is 0 Å². The quantitative estimate of drug-likeness (QED) is 0.0371. The topological polar surface area (TPSA) is 356 Å². The van der Waals surface area contributed by atoms with E-state index in [0.717, 1.165) is 14.7 Å². The van der Waals surface area contributed by atoms with E-state index in [2.05, 4.69) is 43.9 Å². The highest BCUT2D eigenvalue weighted by Crippen LogP contribution is 2.15. The fourth-order valence-electron chi connectivity index (χ4n) is 7.95. The van der Waals surface area contributed by atoms with Crippen LogP contribution in [0.2, 0.25) is 0 Å². The molecule has 25 nitrogen and oxygen atoms in total. The molecule has 10 N–H and O–H groups in total. The number of aliphatic carboxylic acids is 6. The first-order chi connectivity index (χ1) is 35.7. The molecule has 0 spiro atoms. The molecule has 2 aromatic carbocycles. The number of carbonyl (C=O) groups excluding carboxylic acids is 4. The summed E-state index contributed by atoms with van der Waals surface area (Å²) in [6.07, 6.45) is 1.79. The molecular formula is C49H70IN9O16. The van der Waals surface area contributed by atoms with Gasteiger partial charge in [0.1, 0.15) is 12.1 Å². The van der Waals surface area contributed by atoms with E-state index < -0.39 is 66.8 Å².